The maximum atomic E-state index is 8.52. The molecule has 0 amide bonds. The van der Waals surface area contributed by atoms with E-state index in [1.54, 1.807) is 0 Å². The van der Waals surface area contributed by atoms with Crippen LogP contribution >= 0.6 is 0 Å². The molecule has 0 radical (unpaired) electrons. The Balaban J connectivity index is 0.000000810. The summed E-state index contributed by atoms with van der Waals surface area (Å²) in [4.78, 5) is 0. The van der Waals surface area contributed by atoms with Gasteiger partial charge in [-0.2, -0.15) is 0 Å². The fourth-order valence-corrected chi connectivity index (χ4v) is 0.774. The molecule has 1 aromatic carbocycles. The van der Waals surface area contributed by atoms with Crippen molar-refractivity contribution in [3.05, 3.63) is 35.9 Å². The Labute approximate surface area is 60.4 Å². The van der Waals surface area contributed by atoms with Crippen LogP contribution in [0.15, 0.2) is 30.3 Å². The van der Waals surface area contributed by atoms with Crippen molar-refractivity contribution in [3.63, 3.8) is 0 Å². The minimum atomic E-state index is 0. The van der Waals surface area contributed by atoms with Crippen LogP contribution in [-0.4, -0.2) is 17.2 Å². The van der Waals surface area contributed by atoms with Crippen molar-refractivity contribution < 1.29 is 10.6 Å². The molecule has 0 bridgehead atoms. The maximum Gasteiger partial charge on any atom is 0.0471 e. The number of hydrogen-bond acceptors (Lipinski definition) is 1. The molecular formula is C8H12O2. The Kier molecular flexibility index (Phi) is 4.54. The predicted molar refractivity (Wildman–Crippen MR) is 40.8 cm³/mol. The molecule has 0 saturated carbocycles. The maximum absolute atomic E-state index is 8.52. The highest BCUT2D eigenvalue weighted by Crippen LogP contribution is 1.97. The van der Waals surface area contributed by atoms with Gasteiger partial charge in [-0.3, -0.25) is 0 Å². The van der Waals surface area contributed by atoms with Crippen LogP contribution < -0.4 is 0 Å². The highest BCUT2D eigenvalue weighted by Gasteiger charge is 1.85. The lowest BCUT2D eigenvalue weighted by atomic mass is 10.2. The second-order valence-electron chi connectivity index (χ2n) is 1.96. The van der Waals surface area contributed by atoms with Crippen LogP contribution in [0.5, 0.6) is 0 Å². The number of benzene rings is 1. The first-order valence-corrected chi connectivity index (χ1v) is 3.08. The molecule has 0 aromatic heterocycles. The molecule has 56 valence electrons. The standard InChI is InChI=1S/C8H10O.H2O/c9-7-6-8-4-2-1-3-5-8;/h1-5,9H,6-7H2;1H2. The topological polar surface area (TPSA) is 51.7 Å². The lowest BCUT2D eigenvalue weighted by molar-refractivity contribution is 0.299. The third-order valence-corrected chi connectivity index (χ3v) is 1.24. The summed E-state index contributed by atoms with van der Waals surface area (Å²) in [5, 5.41) is 8.52. The van der Waals surface area contributed by atoms with E-state index in [-0.39, 0.29) is 12.1 Å². The third kappa shape index (κ3) is 2.62. The largest absolute Gasteiger partial charge is 0.412 e. The highest BCUT2D eigenvalue weighted by atomic mass is 16.2. The molecule has 2 nitrogen and oxygen atoms in total. The predicted octanol–water partition coefficient (Wildman–Crippen LogP) is 0.397. The minimum absolute atomic E-state index is 0. The van der Waals surface area contributed by atoms with Crippen molar-refractivity contribution in [3.8, 4) is 0 Å². The van der Waals surface area contributed by atoms with E-state index in [2.05, 4.69) is 0 Å². The summed E-state index contributed by atoms with van der Waals surface area (Å²) in [5.41, 5.74) is 1.19. The van der Waals surface area contributed by atoms with E-state index in [9.17, 15) is 0 Å². The highest BCUT2D eigenvalue weighted by molar-refractivity contribution is 5.14. The summed E-state index contributed by atoms with van der Waals surface area (Å²) < 4.78 is 0. The van der Waals surface area contributed by atoms with Gasteiger partial charge in [-0.25, -0.2) is 0 Å². The van der Waals surface area contributed by atoms with Crippen LogP contribution in [0.2, 0.25) is 0 Å². The SMILES string of the molecule is O.OCCc1ccccc1. The first-order valence-electron chi connectivity index (χ1n) is 3.08. The normalized spacial score (nSPS) is 8.50. The lowest BCUT2D eigenvalue weighted by Gasteiger charge is -1.93. The van der Waals surface area contributed by atoms with Gasteiger partial charge in [-0.1, -0.05) is 30.3 Å². The summed E-state index contributed by atoms with van der Waals surface area (Å²) in [7, 11) is 0. The second-order valence-corrected chi connectivity index (χ2v) is 1.96. The van der Waals surface area contributed by atoms with Gasteiger partial charge in [0, 0.05) is 6.61 Å². The smallest absolute Gasteiger partial charge is 0.0471 e. The molecule has 0 heterocycles. The molecule has 0 saturated heterocycles. The zero-order chi connectivity index (χ0) is 6.53. The number of hydrogen-bond donors (Lipinski definition) is 1. The molecule has 0 unspecified atom stereocenters. The summed E-state index contributed by atoms with van der Waals surface area (Å²) in [5.74, 6) is 0. The fraction of sp³-hybridized carbons (Fsp3) is 0.250. The molecule has 1 aromatic rings. The van der Waals surface area contributed by atoms with Gasteiger partial charge in [0.25, 0.3) is 0 Å². The Morgan fingerprint density at radius 2 is 1.70 bits per heavy atom. The summed E-state index contributed by atoms with van der Waals surface area (Å²) >= 11 is 0. The van der Waals surface area contributed by atoms with Gasteiger partial charge in [0.05, 0.1) is 0 Å². The van der Waals surface area contributed by atoms with E-state index in [0.717, 1.165) is 6.42 Å². The zero-order valence-corrected chi connectivity index (χ0v) is 5.75. The molecule has 3 N–H and O–H groups in total. The van der Waals surface area contributed by atoms with Crippen LogP contribution in [0.1, 0.15) is 5.56 Å². The zero-order valence-electron chi connectivity index (χ0n) is 5.75. The van der Waals surface area contributed by atoms with Crippen LogP contribution in [0, 0.1) is 0 Å². The summed E-state index contributed by atoms with van der Waals surface area (Å²) in [6.07, 6.45) is 0.765. The molecule has 0 spiro atoms. The molecule has 0 fully saturated rings. The number of aliphatic hydroxyl groups is 1. The average Bonchev–Trinajstić information content (AvgIpc) is 1.91. The Hall–Kier alpha value is -0.860. The summed E-state index contributed by atoms with van der Waals surface area (Å²) in [6.45, 7) is 0.240. The van der Waals surface area contributed by atoms with E-state index in [4.69, 9.17) is 5.11 Å². The van der Waals surface area contributed by atoms with Gasteiger partial charge in [-0.15, -0.1) is 0 Å². The molecule has 0 aliphatic heterocycles. The van der Waals surface area contributed by atoms with Crippen molar-refractivity contribution >= 4 is 0 Å². The van der Waals surface area contributed by atoms with Crippen LogP contribution in [0.3, 0.4) is 0 Å². The monoisotopic (exact) mass is 140 g/mol. The van der Waals surface area contributed by atoms with Crippen molar-refractivity contribution in [2.45, 2.75) is 6.42 Å². The molecule has 0 aliphatic carbocycles. The van der Waals surface area contributed by atoms with Crippen molar-refractivity contribution in [1.29, 1.82) is 0 Å². The Bertz CT molecular complexity index is 160. The van der Waals surface area contributed by atoms with Crippen molar-refractivity contribution in [2.75, 3.05) is 6.61 Å². The van der Waals surface area contributed by atoms with E-state index in [0.29, 0.717) is 0 Å². The molecule has 1 rings (SSSR count). The van der Waals surface area contributed by atoms with Crippen LogP contribution in [-0.2, 0) is 6.42 Å². The van der Waals surface area contributed by atoms with Gasteiger partial charge >= 0.3 is 0 Å². The van der Waals surface area contributed by atoms with E-state index in [1.807, 2.05) is 30.3 Å². The van der Waals surface area contributed by atoms with Gasteiger partial charge in [0.2, 0.25) is 0 Å². The average molecular weight is 140 g/mol. The van der Waals surface area contributed by atoms with Crippen LogP contribution in [0.25, 0.3) is 0 Å². The third-order valence-electron chi connectivity index (χ3n) is 1.24. The quantitative estimate of drug-likeness (QED) is 0.635. The first kappa shape index (κ1) is 9.14. The van der Waals surface area contributed by atoms with E-state index in [1.165, 1.54) is 5.56 Å². The summed E-state index contributed by atoms with van der Waals surface area (Å²) in [6, 6.07) is 9.95. The number of aliphatic hydroxyl groups excluding tert-OH is 1. The Morgan fingerprint density at radius 1 is 1.10 bits per heavy atom. The molecule has 0 atom stereocenters. The van der Waals surface area contributed by atoms with Crippen LogP contribution in [0.4, 0.5) is 0 Å². The second kappa shape index (κ2) is 4.97. The molecule has 0 aliphatic rings. The lowest BCUT2D eigenvalue weighted by Crippen LogP contribution is -1.88. The first-order chi connectivity index (χ1) is 4.43. The van der Waals surface area contributed by atoms with Gasteiger partial charge < -0.3 is 10.6 Å². The number of rotatable bonds is 2. The molecule has 2 heteroatoms. The molecular weight excluding hydrogens is 128 g/mol. The van der Waals surface area contributed by atoms with Gasteiger partial charge in [-0.05, 0) is 12.0 Å². The van der Waals surface area contributed by atoms with Gasteiger partial charge in [0.15, 0.2) is 0 Å². The van der Waals surface area contributed by atoms with Crippen molar-refractivity contribution in [1.82, 2.24) is 0 Å². The molecule has 10 heavy (non-hydrogen) atoms. The fourth-order valence-electron chi connectivity index (χ4n) is 0.774. The van der Waals surface area contributed by atoms with Crippen molar-refractivity contribution in [2.24, 2.45) is 0 Å². The van der Waals surface area contributed by atoms with E-state index < -0.39 is 0 Å². The minimum Gasteiger partial charge on any atom is -0.412 e. The van der Waals surface area contributed by atoms with Gasteiger partial charge in [0.1, 0.15) is 0 Å². The van der Waals surface area contributed by atoms with E-state index >= 15 is 0 Å². The Morgan fingerprint density at radius 3 is 2.20 bits per heavy atom.